The van der Waals surface area contributed by atoms with Crippen molar-refractivity contribution < 1.29 is 14.7 Å². The predicted octanol–water partition coefficient (Wildman–Crippen LogP) is 0.261. The van der Waals surface area contributed by atoms with Gasteiger partial charge in [-0.05, 0) is 13.1 Å². The molecule has 0 radical (unpaired) electrons. The van der Waals surface area contributed by atoms with Gasteiger partial charge in [-0.1, -0.05) is 13.8 Å². The summed E-state index contributed by atoms with van der Waals surface area (Å²) in [7, 11) is 0. The molecule has 6 heteroatoms. The van der Waals surface area contributed by atoms with Crippen molar-refractivity contribution in [2.24, 2.45) is 0 Å². The highest BCUT2D eigenvalue weighted by molar-refractivity contribution is 7.99. The number of thioether (sulfide) groups is 1. The minimum absolute atomic E-state index is 0.412. The number of carbonyl (C=O) groups is 2. The molecule has 0 bridgehead atoms. The predicted molar refractivity (Wildman–Crippen MR) is 65.7 cm³/mol. The molecule has 5 nitrogen and oxygen atoms in total. The van der Waals surface area contributed by atoms with Gasteiger partial charge in [0.2, 0.25) is 6.41 Å². The Bertz CT molecular complexity index is 210. The maximum Gasteiger partial charge on any atom is 0.327 e. The van der Waals surface area contributed by atoms with E-state index < -0.39 is 12.0 Å². The van der Waals surface area contributed by atoms with E-state index in [1.165, 1.54) is 0 Å². The molecule has 0 saturated carbocycles. The van der Waals surface area contributed by atoms with E-state index in [1.807, 2.05) is 0 Å². The topological polar surface area (TPSA) is 69.6 Å². The largest absolute Gasteiger partial charge is 0.480 e. The molecular weight excluding hydrogens is 228 g/mol. The summed E-state index contributed by atoms with van der Waals surface area (Å²) in [4.78, 5) is 23.1. The van der Waals surface area contributed by atoms with Crippen LogP contribution in [-0.4, -0.2) is 59.6 Å². The fourth-order valence-electron chi connectivity index (χ4n) is 1.21. The van der Waals surface area contributed by atoms with Crippen LogP contribution in [0.15, 0.2) is 0 Å². The number of nitrogens with zero attached hydrogens (tertiary/aromatic N) is 1. The first-order valence-electron chi connectivity index (χ1n) is 5.38. The first kappa shape index (κ1) is 15.2. The molecule has 0 heterocycles. The summed E-state index contributed by atoms with van der Waals surface area (Å²) < 4.78 is 0. The third-order valence-corrected chi connectivity index (χ3v) is 3.34. The van der Waals surface area contributed by atoms with Gasteiger partial charge in [-0.3, -0.25) is 4.79 Å². The molecule has 0 aliphatic carbocycles. The number of amides is 1. The summed E-state index contributed by atoms with van der Waals surface area (Å²) in [6, 6.07) is -0.779. The molecule has 16 heavy (non-hydrogen) atoms. The van der Waals surface area contributed by atoms with Crippen molar-refractivity contribution in [3.63, 3.8) is 0 Å². The number of carbonyl (C=O) groups excluding carboxylic acids is 1. The molecule has 1 amide bonds. The number of nitrogens with one attached hydrogen (secondary N) is 1. The van der Waals surface area contributed by atoms with Crippen molar-refractivity contribution >= 4 is 24.1 Å². The molecule has 0 aromatic carbocycles. The van der Waals surface area contributed by atoms with Gasteiger partial charge in [-0.2, -0.15) is 11.8 Å². The van der Waals surface area contributed by atoms with Gasteiger partial charge in [0.15, 0.2) is 0 Å². The van der Waals surface area contributed by atoms with Crippen LogP contribution in [0.2, 0.25) is 0 Å². The van der Waals surface area contributed by atoms with Crippen LogP contribution in [0.5, 0.6) is 0 Å². The number of carboxylic acid groups (broad SMARTS) is 1. The monoisotopic (exact) mass is 248 g/mol. The Hall–Kier alpha value is -0.750. The number of hydrogen-bond donors (Lipinski definition) is 2. The maximum atomic E-state index is 10.7. The summed E-state index contributed by atoms with van der Waals surface area (Å²) in [5, 5.41) is 11.0. The van der Waals surface area contributed by atoms with Crippen molar-refractivity contribution in [2.75, 3.05) is 31.1 Å². The second-order valence-corrected chi connectivity index (χ2v) is 4.43. The third-order valence-electron chi connectivity index (χ3n) is 2.30. The molecule has 94 valence electrons. The standard InChI is InChI=1S/C10H20N2O3S/c1-3-12(4-2)5-6-16-7-9(10(14)15)11-8-13/h8-9H,3-7H2,1-2H3,(H,11,13)(H,14,15). The normalized spacial score (nSPS) is 12.4. The summed E-state index contributed by atoms with van der Waals surface area (Å²) >= 11 is 1.54. The summed E-state index contributed by atoms with van der Waals surface area (Å²) in [6.45, 7) is 7.16. The van der Waals surface area contributed by atoms with E-state index in [0.717, 1.165) is 25.4 Å². The molecule has 0 aromatic rings. The van der Waals surface area contributed by atoms with Gasteiger partial charge in [0.1, 0.15) is 6.04 Å². The Labute approximate surface area is 101 Å². The van der Waals surface area contributed by atoms with Gasteiger partial charge < -0.3 is 15.3 Å². The summed E-state index contributed by atoms with van der Waals surface area (Å²) in [6.07, 6.45) is 0.434. The Kier molecular flexibility index (Phi) is 9.03. The Morgan fingerprint density at radius 1 is 1.50 bits per heavy atom. The summed E-state index contributed by atoms with van der Waals surface area (Å²) in [5.41, 5.74) is 0. The van der Waals surface area contributed by atoms with Crippen LogP contribution in [0, 0.1) is 0 Å². The van der Waals surface area contributed by atoms with Crippen molar-refractivity contribution in [3.05, 3.63) is 0 Å². The van der Waals surface area contributed by atoms with Crippen LogP contribution in [-0.2, 0) is 9.59 Å². The fraction of sp³-hybridized carbons (Fsp3) is 0.800. The van der Waals surface area contributed by atoms with E-state index in [9.17, 15) is 9.59 Å². The Morgan fingerprint density at radius 2 is 2.12 bits per heavy atom. The second kappa shape index (κ2) is 9.47. The molecule has 0 aliphatic rings. The van der Waals surface area contributed by atoms with E-state index in [2.05, 4.69) is 24.1 Å². The van der Waals surface area contributed by atoms with Gasteiger partial charge in [-0.15, -0.1) is 0 Å². The van der Waals surface area contributed by atoms with Crippen LogP contribution in [0.25, 0.3) is 0 Å². The SMILES string of the molecule is CCN(CC)CCSCC(NC=O)C(=O)O. The molecular formula is C10H20N2O3S. The lowest BCUT2D eigenvalue weighted by Gasteiger charge is -2.18. The highest BCUT2D eigenvalue weighted by atomic mass is 32.2. The van der Waals surface area contributed by atoms with Crippen molar-refractivity contribution in [2.45, 2.75) is 19.9 Å². The quantitative estimate of drug-likeness (QED) is 0.429. The average molecular weight is 248 g/mol. The number of hydrogen-bond acceptors (Lipinski definition) is 4. The van der Waals surface area contributed by atoms with Crippen LogP contribution in [0.1, 0.15) is 13.8 Å². The Morgan fingerprint density at radius 3 is 2.56 bits per heavy atom. The molecule has 0 saturated heterocycles. The van der Waals surface area contributed by atoms with E-state index >= 15 is 0 Å². The number of rotatable bonds is 10. The molecule has 0 fully saturated rings. The van der Waals surface area contributed by atoms with Crippen molar-refractivity contribution in [3.8, 4) is 0 Å². The van der Waals surface area contributed by atoms with Crippen LogP contribution >= 0.6 is 11.8 Å². The molecule has 1 unspecified atom stereocenters. The highest BCUT2D eigenvalue weighted by Gasteiger charge is 2.15. The van der Waals surface area contributed by atoms with Crippen LogP contribution in [0.4, 0.5) is 0 Å². The number of carboxylic acids is 1. The minimum Gasteiger partial charge on any atom is -0.480 e. The molecule has 2 N–H and O–H groups in total. The zero-order valence-corrected chi connectivity index (χ0v) is 10.6. The van der Waals surface area contributed by atoms with E-state index in [-0.39, 0.29) is 0 Å². The molecule has 0 aromatic heterocycles. The lowest BCUT2D eigenvalue weighted by Crippen LogP contribution is -2.38. The fourth-order valence-corrected chi connectivity index (χ4v) is 2.24. The van der Waals surface area contributed by atoms with E-state index in [1.54, 1.807) is 11.8 Å². The molecule has 0 rings (SSSR count). The Balaban J connectivity index is 3.69. The first-order chi connectivity index (χ1) is 7.65. The van der Waals surface area contributed by atoms with Gasteiger partial charge in [0, 0.05) is 18.1 Å². The smallest absolute Gasteiger partial charge is 0.327 e. The third kappa shape index (κ3) is 6.68. The molecule has 1 atom stereocenters. The van der Waals surface area contributed by atoms with Gasteiger partial charge in [0.05, 0.1) is 0 Å². The lowest BCUT2D eigenvalue weighted by molar-refractivity contribution is -0.139. The van der Waals surface area contributed by atoms with Gasteiger partial charge in [0.25, 0.3) is 0 Å². The second-order valence-electron chi connectivity index (χ2n) is 3.28. The summed E-state index contributed by atoms with van der Waals surface area (Å²) in [5.74, 6) is 0.309. The van der Waals surface area contributed by atoms with Crippen molar-refractivity contribution in [1.82, 2.24) is 10.2 Å². The van der Waals surface area contributed by atoms with Crippen molar-refractivity contribution in [1.29, 1.82) is 0 Å². The number of aliphatic carboxylic acids is 1. The van der Waals surface area contributed by atoms with Crippen LogP contribution < -0.4 is 5.32 Å². The first-order valence-corrected chi connectivity index (χ1v) is 6.53. The molecule has 0 aliphatic heterocycles. The lowest BCUT2D eigenvalue weighted by atomic mass is 10.3. The molecule has 0 spiro atoms. The average Bonchev–Trinajstić information content (AvgIpc) is 2.27. The highest BCUT2D eigenvalue weighted by Crippen LogP contribution is 2.04. The maximum absolute atomic E-state index is 10.7. The van der Waals surface area contributed by atoms with Crippen LogP contribution in [0.3, 0.4) is 0 Å². The van der Waals surface area contributed by atoms with E-state index in [4.69, 9.17) is 5.11 Å². The minimum atomic E-state index is -0.984. The zero-order valence-electron chi connectivity index (χ0n) is 9.81. The van der Waals surface area contributed by atoms with Gasteiger partial charge >= 0.3 is 5.97 Å². The zero-order chi connectivity index (χ0) is 12.4. The van der Waals surface area contributed by atoms with E-state index in [0.29, 0.717) is 12.2 Å². The van der Waals surface area contributed by atoms with Gasteiger partial charge in [-0.25, -0.2) is 4.79 Å².